The molecule has 5 nitrogen and oxygen atoms in total. The van der Waals surface area contributed by atoms with E-state index in [4.69, 9.17) is 16.7 Å². The number of hydrogen-bond donors (Lipinski definition) is 1. The van der Waals surface area contributed by atoms with Gasteiger partial charge in [-0.3, -0.25) is 0 Å². The summed E-state index contributed by atoms with van der Waals surface area (Å²) in [5.74, 6) is -1.08. The van der Waals surface area contributed by atoms with Crippen molar-refractivity contribution >= 4 is 17.6 Å². The minimum absolute atomic E-state index is 0.0423. The lowest BCUT2D eigenvalue weighted by Crippen LogP contribution is -2.03. The van der Waals surface area contributed by atoms with Gasteiger partial charge in [0.05, 0.1) is 11.4 Å². The second-order valence-corrected chi connectivity index (χ2v) is 4.10. The number of halogens is 1. The molecule has 0 aliphatic heterocycles. The first-order valence-corrected chi connectivity index (χ1v) is 5.30. The first kappa shape index (κ1) is 11.6. The maximum atomic E-state index is 10.9. The zero-order chi connectivity index (χ0) is 12.6. The maximum Gasteiger partial charge on any atom is 0.358 e. The van der Waals surface area contributed by atoms with Crippen LogP contribution in [0.25, 0.3) is 5.69 Å². The molecule has 0 radical (unpaired) electrons. The van der Waals surface area contributed by atoms with Crippen LogP contribution in [0, 0.1) is 13.8 Å². The van der Waals surface area contributed by atoms with E-state index in [0.717, 1.165) is 5.56 Å². The summed E-state index contributed by atoms with van der Waals surface area (Å²) in [4.78, 5) is 12.2. The number of nitrogens with zero attached hydrogens (tertiary/aromatic N) is 3. The standard InChI is InChI=1S/C11H10ClN3O2/c1-6-5-8(12)3-4-9(6)15-13-7(2)10(14-15)11(16)17/h3-5H,1-2H3,(H,16,17). The molecule has 0 saturated heterocycles. The lowest BCUT2D eigenvalue weighted by atomic mass is 10.2. The molecule has 0 aliphatic carbocycles. The number of aromatic nitrogens is 3. The van der Waals surface area contributed by atoms with Crippen LogP contribution >= 0.6 is 11.6 Å². The molecule has 1 aromatic carbocycles. The normalized spacial score (nSPS) is 10.5. The zero-order valence-electron chi connectivity index (χ0n) is 9.31. The van der Waals surface area contributed by atoms with Crippen LogP contribution in [-0.4, -0.2) is 26.1 Å². The van der Waals surface area contributed by atoms with Gasteiger partial charge in [0, 0.05) is 5.02 Å². The zero-order valence-corrected chi connectivity index (χ0v) is 10.1. The van der Waals surface area contributed by atoms with E-state index in [1.165, 1.54) is 4.80 Å². The third-order valence-electron chi connectivity index (χ3n) is 2.36. The fourth-order valence-corrected chi connectivity index (χ4v) is 1.75. The second kappa shape index (κ2) is 4.18. The Balaban J connectivity index is 2.53. The van der Waals surface area contributed by atoms with Crippen molar-refractivity contribution in [3.05, 3.63) is 40.2 Å². The van der Waals surface area contributed by atoms with Gasteiger partial charge in [-0.05, 0) is 37.6 Å². The molecule has 17 heavy (non-hydrogen) atoms. The topological polar surface area (TPSA) is 68.0 Å². The molecule has 0 aliphatic rings. The smallest absolute Gasteiger partial charge is 0.358 e. The fraction of sp³-hybridized carbons (Fsp3) is 0.182. The Bertz CT molecular complexity index is 592. The van der Waals surface area contributed by atoms with Crippen molar-refractivity contribution in [3.63, 3.8) is 0 Å². The van der Waals surface area contributed by atoms with Crippen molar-refractivity contribution in [1.29, 1.82) is 0 Å². The lowest BCUT2D eigenvalue weighted by Gasteiger charge is -2.03. The van der Waals surface area contributed by atoms with Gasteiger partial charge in [0.15, 0.2) is 5.69 Å². The molecular formula is C11H10ClN3O2. The summed E-state index contributed by atoms with van der Waals surface area (Å²) in [6, 6.07) is 5.24. The van der Waals surface area contributed by atoms with Gasteiger partial charge in [0.1, 0.15) is 0 Å². The number of carboxylic acids is 1. The van der Waals surface area contributed by atoms with Gasteiger partial charge in [-0.1, -0.05) is 11.6 Å². The first-order chi connectivity index (χ1) is 7.99. The van der Waals surface area contributed by atoms with Crippen LogP contribution < -0.4 is 0 Å². The van der Waals surface area contributed by atoms with Gasteiger partial charge >= 0.3 is 5.97 Å². The van der Waals surface area contributed by atoms with Crippen molar-refractivity contribution < 1.29 is 9.90 Å². The average Bonchev–Trinajstić information content (AvgIpc) is 2.60. The summed E-state index contributed by atoms with van der Waals surface area (Å²) in [7, 11) is 0. The molecule has 2 aromatic rings. The van der Waals surface area contributed by atoms with E-state index >= 15 is 0 Å². The number of aryl methyl sites for hydroxylation is 2. The van der Waals surface area contributed by atoms with Crippen LogP contribution in [0.5, 0.6) is 0 Å². The van der Waals surface area contributed by atoms with E-state index in [-0.39, 0.29) is 5.69 Å². The first-order valence-electron chi connectivity index (χ1n) is 4.93. The van der Waals surface area contributed by atoms with Crippen molar-refractivity contribution in [2.75, 3.05) is 0 Å². The predicted molar refractivity (Wildman–Crippen MR) is 62.8 cm³/mol. The van der Waals surface area contributed by atoms with Crippen molar-refractivity contribution in [1.82, 2.24) is 15.0 Å². The minimum Gasteiger partial charge on any atom is -0.476 e. The molecule has 0 unspecified atom stereocenters. The van der Waals surface area contributed by atoms with Crippen LogP contribution in [0.4, 0.5) is 0 Å². The monoisotopic (exact) mass is 251 g/mol. The van der Waals surface area contributed by atoms with Gasteiger partial charge in [-0.25, -0.2) is 4.79 Å². The quantitative estimate of drug-likeness (QED) is 0.889. The number of carbonyl (C=O) groups is 1. The van der Waals surface area contributed by atoms with E-state index in [1.54, 1.807) is 25.1 Å². The third-order valence-corrected chi connectivity index (χ3v) is 2.59. The number of benzene rings is 1. The highest BCUT2D eigenvalue weighted by molar-refractivity contribution is 6.30. The highest BCUT2D eigenvalue weighted by Crippen LogP contribution is 2.18. The van der Waals surface area contributed by atoms with Crippen molar-refractivity contribution in [2.45, 2.75) is 13.8 Å². The maximum absolute atomic E-state index is 10.9. The summed E-state index contributed by atoms with van der Waals surface area (Å²) in [6.45, 7) is 3.47. The second-order valence-electron chi connectivity index (χ2n) is 3.66. The molecule has 1 heterocycles. The molecular weight excluding hydrogens is 242 g/mol. The third kappa shape index (κ3) is 2.14. The highest BCUT2D eigenvalue weighted by atomic mass is 35.5. The van der Waals surface area contributed by atoms with Crippen molar-refractivity contribution in [3.8, 4) is 5.69 Å². The summed E-state index contributed by atoms with van der Waals surface area (Å²) >= 11 is 5.85. The van der Waals surface area contributed by atoms with E-state index in [1.807, 2.05) is 6.92 Å². The van der Waals surface area contributed by atoms with Gasteiger partial charge in [0.2, 0.25) is 0 Å². The molecule has 0 amide bonds. The number of hydrogen-bond acceptors (Lipinski definition) is 3. The molecule has 0 atom stereocenters. The molecule has 1 N–H and O–H groups in total. The Labute approximate surface area is 103 Å². The Hall–Kier alpha value is -1.88. The Morgan fingerprint density at radius 2 is 2.06 bits per heavy atom. The SMILES string of the molecule is Cc1cc(Cl)ccc1-n1nc(C)c(C(=O)O)n1. The molecule has 0 fully saturated rings. The van der Waals surface area contributed by atoms with Gasteiger partial charge < -0.3 is 5.11 Å². The largest absolute Gasteiger partial charge is 0.476 e. The lowest BCUT2D eigenvalue weighted by molar-refractivity contribution is 0.0689. The predicted octanol–water partition coefficient (Wildman–Crippen LogP) is 2.24. The Kier molecular flexibility index (Phi) is 2.85. The van der Waals surface area contributed by atoms with Crippen molar-refractivity contribution in [2.24, 2.45) is 0 Å². The van der Waals surface area contributed by atoms with Crippen LogP contribution in [0.15, 0.2) is 18.2 Å². The molecule has 2 rings (SSSR count). The molecule has 0 bridgehead atoms. The van der Waals surface area contributed by atoms with Gasteiger partial charge in [-0.2, -0.15) is 9.90 Å². The van der Waals surface area contributed by atoms with Crippen LogP contribution in [-0.2, 0) is 0 Å². The van der Waals surface area contributed by atoms with Gasteiger partial charge in [0.25, 0.3) is 0 Å². The Morgan fingerprint density at radius 1 is 1.35 bits per heavy atom. The summed E-state index contributed by atoms with van der Waals surface area (Å²) in [5.41, 5.74) is 1.93. The Morgan fingerprint density at radius 3 is 2.59 bits per heavy atom. The van der Waals surface area contributed by atoms with Crippen LogP contribution in [0.2, 0.25) is 5.02 Å². The highest BCUT2D eigenvalue weighted by Gasteiger charge is 2.15. The van der Waals surface area contributed by atoms with E-state index in [0.29, 0.717) is 16.4 Å². The molecule has 6 heteroatoms. The van der Waals surface area contributed by atoms with E-state index < -0.39 is 5.97 Å². The molecule has 88 valence electrons. The minimum atomic E-state index is -1.08. The van der Waals surface area contributed by atoms with E-state index in [2.05, 4.69) is 10.2 Å². The number of rotatable bonds is 2. The number of carboxylic acid groups (broad SMARTS) is 1. The summed E-state index contributed by atoms with van der Waals surface area (Å²) in [5, 5.41) is 17.5. The molecule has 1 aromatic heterocycles. The van der Waals surface area contributed by atoms with Crippen LogP contribution in [0.1, 0.15) is 21.7 Å². The molecule has 0 saturated carbocycles. The number of aromatic carboxylic acids is 1. The van der Waals surface area contributed by atoms with E-state index in [9.17, 15) is 4.79 Å². The summed E-state index contributed by atoms with van der Waals surface area (Å²) in [6.07, 6.45) is 0. The molecule has 0 spiro atoms. The summed E-state index contributed by atoms with van der Waals surface area (Å²) < 4.78 is 0. The average molecular weight is 252 g/mol. The fourth-order valence-electron chi connectivity index (χ4n) is 1.53. The van der Waals surface area contributed by atoms with Crippen LogP contribution in [0.3, 0.4) is 0 Å². The van der Waals surface area contributed by atoms with Gasteiger partial charge in [-0.15, -0.1) is 5.10 Å².